The molecule has 2 aromatic carbocycles. The Hall–Kier alpha value is -2.73. The van der Waals surface area contributed by atoms with E-state index >= 15 is 0 Å². The summed E-state index contributed by atoms with van der Waals surface area (Å²) in [5.74, 6) is 1.34. The van der Waals surface area contributed by atoms with Gasteiger partial charge >= 0.3 is 5.97 Å². The van der Waals surface area contributed by atoms with Crippen LogP contribution in [0.15, 0.2) is 42.5 Å². The molecule has 0 aromatic heterocycles. The minimum absolute atomic E-state index is 0.329. The van der Waals surface area contributed by atoms with Gasteiger partial charge < -0.3 is 19.3 Å². The van der Waals surface area contributed by atoms with E-state index in [1.54, 1.807) is 14.2 Å². The van der Waals surface area contributed by atoms with Crippen LogP contribution in [0.5, 0.6) is 17.2 Å². The van der Waals surface area contributed by atoms with Crippen LogP contribution in [0.25, 0.3) is 0 Å². The van der Waals surface area contributed by atoms with Crippen molar-refractivity contribution in [3.05, 3.63) is 53.6 Å². The minimum Gasteiger partial charge on any atom is -0.497 e. The number of benzene rings is 2. The van der Waals surface area contributed by atoms with Crippen molar-refractivity contribution < 1.29 is 24.1 Å². The van der Waals surface area contributed by atoms with Gasteiger partial charge in [-0.1, -0.05) is 24.6 Å². The van der Waals surface area contributed by atoms with E-state index in [0.717, 1.165) is 29.7 Å². The van der Waals surface area contributed by atoms with Crippen molar-refractivity contribution in [3.8, 4) is 17.2 Å². The molecule has 2 atom stereocenters. The molecule has 1 fully saturated rings. The van der Waals surface area contributed by atoms with Crippen molar-refractivity contribution in [2.45, 2.75) is 38.3 Å². The van der Waals surface area contributed by atoms with Gasteiger partial charge in [0.2, 0.25) is 0 Å². The van der Waals surface area contributed by atoms with E-state index in [9.17, 15) is 9.90 Å². The summed E-state index contributed by atoms with van der Waals surface area (Å²) in [5.41, 5.74) is 1.79. The van der Waals surface area contributed by atoms with Gasteiger partial charge in [0.1, 0.15) is 23.3 Å². The van der Waals surface area contributed by atoms with Crippen LogP contribution in [-0.4, -0.2) is 49.4 Å². The van der Waals surface area contributed by atoms with Crippen LogP contribution < -0.4 is 14.2 Å². The van der Waals surface area contributed by atoms with Crippen LogP contribution in [0, 0.1) is 0 Å². The summed E-state index contributed by atoms with van der Waals surface area (Å²) in [7, 11) is 3.25. The van der Waals surface area contributed by atoms with Crippen molar-refractivity contribution in [1.82, 2.24) is 4.90 Å². The fraction of sp³-hybridized carbons (Fsp3) is 0.435. The number of rotatable bonds is 8. The number of methoxy groups -OCH3 is 2. The molecule has 0 spiro atoms. The first-order chi connectivity index (χ1) is 14.1. The molecule has 0 saturated carbocycles. The number of aliphatic carboxylic acids is 1. The second-order valence-corrected chi connectivity index (χ2v) is 7.07. The number of piperidine rings is 1. The number of hydrogen-bond donors (Lipinski definition) is 1. The molecule has 1 aliphatic heterocycles. The smallest absolute Gasteiger partial charge is 0.320 e. The van der Waals surface area contributed by atoms with Crippen LogP contribution in [0.2, 0.25) is 0 Å². The molecular weight excluding hydrogens is 370 g/mol. The van der Waals surface area contributed by atoms with E-state index in [4.69, 9.17) is 14.2 Å². The Morgan fingerprint density at radius 2 is 1.90 bits per heavy atom. The lowest BCUT2D eigenvalue weighted by Gasteiger charge is -2.40. The molecule has 2 unspecified atom stereocenters. The topological polar surface area (TPSA) is 68.2 Å². The standard InChI is InChI=1S/C23H29NO5/c1-4-29-21-11-6-5-9-17(21)22(24-14-8-7-10-19(24)23(25)26)18-15-16(27-2)12-13-20(18)28-3/h5-6,9,11-13,15,19,22H,4,7-8,10,14H2,1-3H3,(H,25,26). The predicted octanol–water partition coefficient (Wildman–Crippen LogP) is 4.13. The van der Waals surface area contributed by atoms with E-state index < -0.39 is 12.0 Å². The molecule has 0 amide bonds. The van der Waals surface area contributed by atoms with Crippen LogP contribution in [0.1, 0.15) is 43.4 Å². The Balaban J connectivity index is 2.21. The molecule has 6 nitrogen and oxygen atoms in total. The predicted molar refractivity (Wildman–Crippen MR) is 111 cm³/mol. The summed E-state index contributed by atoms with van der Waals surface area (Å²) in [6, 6.07) is 12.6. The highest BCUT2D eigenvalue weighted by atomic mass is 16.5. The second-order valence-electron chi connectivity index (χ2n) is 7.07. The van der Waals surface area contributed by atoms with E-state index in [-0.39, 0.29) is 6.04 Å². The number of ether oxygens (including phenoxy) is 3. The molecule has 156 valence electrons. The van der Waals surface area contributed by atoms with Crippen LogP contribution in [0.3, 0.4) is 0 Å². The zero-order valence-corrected chi connectivity index (χ0v) is 17.3. The lowest BCUT2D eigenvalue weighted by Crippen LogP contribution is -2.47. The Bertz CT molecular complexity index is 838. The first-order valence-electron chi connectivity index (χ1n) is 10.0. The molecule has 1 N–H and O–H groups in total. The zero-order valence-electron chi connectivity index (χ0n) is 17.3. The maximum atomic E-state index is 12.1. The summed E-state index contributed by atoms with van der Waals surface area (Å²) in [6.07, 6.45) is 2.47. The molecule has 1 aliphatic rings. The Morgan fingerprint density at radius 3 is 2.59 bits per heavy atom. The van der Waals surface area contributed by atoms with Gasteiger partial charge in [-0.15, -0.1) is 0 Å². The minimum atomic E-state index is -0.801. The number of likely N-dealkylation sites (tertiary alicyclic amines) is 1. The highest BCUT2D eigenvalue weighted by Gasteiger charge is 2.37. The average molecular weight is 399 g/mol. The lowest BCUT2D eigenvalue weighted by atomic mass is 9.90. The Morgan fingerprint density at radius 1 is 1.10 bits per heavy atom. The van der Waals surface area contributed by atoms with Crippen molar-refractivity contribution in [1.29, 1.82) is 0 Å². The quantitative estimate of drug-likeness (QED) is 0.720. The van der Waals surface area contributed by atoms with Gasteiger partial charge in [-0.2, -0.15) is 0 Å². The SMILES string of the molecule is CCOc1ccccc1C(c1cc(OC)ccc1OC)N1CCCCC1C(=O)O. The molecule has 29 heavy (non-hydrogen) atoms. The highest BCUT2D eigenvalue weighted by Crippen LogP contribution is 2.42. The van der Waals surface area contributed by atoms with Crippen LogP contribution in [0.4, 0.5) is 0 Å². The van der Waals surface area contributed by atoms with E-state index in [1.165, 1.54) is 0 Å². The number of hydrogen-bond acceptors (Lipinski definition) is 5. The molecule has 1 heterocycles. The summed E-state index contributed by atoms with van der Waals surface area (Å²) >= 11 is 0. The number of carboxylic acids is 1. The number of para-hydroxylation sites is 1. The van der Waals surface area contributed by atoms with Crippen molar-refractivity contribution in [3.63, 3.8) is 0 Å². The second kappa shape index (κ2) is 9.65. The summed E-state index contributed by atoms with van der Waals surface area (Å²) in [6.45, 7) is 3.16. The van der Waals surface area contributed by atoms with E-state index in [2.05, 4.69) is 4.90 Å². The average Bonchev–Trinajstić information content (AvgIpc) is 2.75. The third-order valence-corrected chi connectivity index (χ3v) is 5.41. The molecule has 0 radical (unpaired) electrons. The maximum Gasteiger partial charge on any atom is 0.320 e. The lowest BCUT2D eigenvalue weighted by molar-refractivity contribution is -0.145. The fourth-order valence-electron chi connectivity index (χ4n) is 4.10. The van der Waals surface area contributed by atoms with Crippen LogP contribution in [-0.2, 0) is 4.79 Å². The molecular formula is C23H29NO5. The van der Waals surface area contributed by atoms with Crippen molar-refractivity contribution in [2.24, 2.45) is 0 Å². The van der Waals surface area contributed by atoms with Crippen molar-refractivity contribution in [2.75, 3.05) is 27.4 Å². The third kappa shape index (κ3) is 4.48. The maximum absolute atomic E-state index is 12.1. The third-order valence-electron chi connectivity index (χ3n) is 5.41. The number of nitrogens with zero attached hydrogens (tertiary/aromatic N) is 1. The summed E-state index contributed by atoms with van der Waals surface area (Å²) in [5, 5.41) is 9.92. The van der Waals surface area contributed by atoms with Gasteiger partial charge in [-0.3, -0.25) is 9.69 Å². The highest BCUT2D eigenvalue weighted by molar-refractivity contribution is 5.74. The molecule has 1 saturated heterocycles. The van der Waals surface area contributed by atoms with Gasteiger partial charge in [0.15, 0.2) is 0 Å². The van der Waals surface area contributed by atoms with Crippen LogP contribution >= 0.6 is 0 Å². The van der Waals surface area contributed by atoms with Gasteiger partial charge in [0.25, 0.3) is 0 Å². The molecule has 0 aliphatic carbocycles. The molecule has 2 aromatic rings. The largest absolute Gasteiger partial charge is 0.497 e. The van der Waals surface area contributed by atoms with Gasteiger partial charge in [0.05, 0.1) is 26.9 Å². The van der Waals surface area contributed by atoms with E-state index in [1.807, 2.05) is 49.4 Å². The number of carbonyl (C=O) groups is 1. The fourth-order valence-corrected chi connectivity index (χ4v) is 4.10. The zero-order chi connectivity index (χ0) is 20.8. The van der Waals surface area contributed by atoms with Crippen molar-refractivity contribution >= 4 is 5.97 Å². The van der Waals surface area contributed by atoms with Gasteiger partial charge in [-0.05, 0) is 50.6 Å². The number of carboxylic acid groups (broad SMARTS) is 1. The molecule has 6 heteroatoms. The first-order valence-corrected chi connectivity index (χ1v) is 10.0. The molecule has 0 bridgehead atoms. The van der Waals surface area contributed by atoms with Gasteiger partial charge in [-0.25, -0.2) is 0 Å². The molecule has 3 rings (SSSR count). The Kier molecular flexibility index (Phi) is 6.99. The summed E-state index contributed by atoms with van der Waals surface area (Å²) < 4.78 is 17.0. The van der Waals surface area contributed by atoms with E-state index in [0.29, 0.717) is 31.1 Å². The summed E-state index contributed by atoms with van der Waals surface area (Å²) in [4.78, 5) is 14.1. The van der Waals surface area contributed by atoms with Gasteiger partial charge in [0, 0.05) is 11.1 Å². The monoisotopic (exact) mass is 399 g/mol. The normalized spacial score (nSPS) is 18.1. The first kappa shape index (κ1) is 21.0. The Labute approximate surface area is 172 Å².